The smallest absolute Gasteiger partial charge is 0.272 e. The second-order valence-corrected chi connectivity index (χ2v) is 4.14. The number of carbonyl (C=O) groups excluding carboxylic acids is 1. The predicted octanol–water partition coefficient (Wildman–Crippen LogP) is 0.720. The molecule has 92 valence electrons. The summed E-state index contributed by atoms with van der Waals surface area (Å²) in [5, 5.41) is 12.1. The van der Waals surface area contributed by atoms with Crippen LogP contribution in [0.1, 0.15) is 23.3 Å². The van der Waals surface area contributed by atoms with Gasteiger partial charge in [0, 0.05) is 13.6 Å². The molecule has 17 heavy (non-hydrogen) atoms. The number of aliphatic hydroxyl groups is 1. The van der Waals surface area contributed by atoms with Crippen molar-refractivity contribution >= 4 is 11.7 Å². The Labute approximate surface area is 100 Å². The highest BCUT2D eigenvalue weighted by Gasteiger charge is 2.29. The SMILES string of the molecule is CNc1cccc(C(=O)N2CCCC2CO)n1. The van der Waals surface area contributed by atoms with Crippen LogP contribution < -0.4 is 5.32 Å². The number of anilines is 1. The van der Waals surface area contributed by atoms with Gasteiger partial charge in [-0.1, -0.05) is 6.07 Å². The van der Waals surface area contributed by atoms with Gasteiger partial charge in [-0.2, -0.15) is 0 Å². The van der Waals surface area contributed by atoms with E-state index in [1.165, 1.54) is 0 Å². The molecular weight excluding hydrogens is 218 g/mol. The number of pyridine rings is 1. The predicted molar refractivity (Wildman–Crippen MR) is 64.9 cm³/mol. The van der Waals surface area contributed by atoms with Crippen LogP contribution in [-0.4, -0.2) is 47.1 Å². The number of aliphatic hydroxyl groups excluding tert-OH is 1. The topological polar surface area (TPSA) is 65.5 Å². The first-order chi connectivity index (χ1) is 8.26. The minimum Gasteiger partial charge on any atom is -0.394 e. The van der Waals surface area contributed by atoms with Crippen LogP contribution in [0.25, 0.3) is 0 Å². The summed E-state index contributed by atoms with van der Waals surface area (Å²) in [6.07, 6.45) is 1.82. The normalized spacial score (nSPS) is 19.4. The molecule has 0 spiro atoms. The van der Waals surface area contributed by atoms with Crippen LogP contribution in [0.2, 0.25) is 0 Å². The van der Waals surface area contributed by atoms with Crippen LogP contribution in [0.15, 0.2) is 18.2 Å². The molecule has 0 radical (unpaired) electrons. The maximum Gasteiger partial charge on any atom is 0.272 e. The zero-order valence-electron chi connectivity index (χ0n) is 9.89. The molecule has 5 heteroatoms. The summed E-state index contributed by atoms with van der Waals surface area (Å²) in [5.41, 5.74) is 0.428. The molecule has 1 saturated heterocycles. The number of likely N-dealkylation sites (tertiary alicyclic amines) is 1. The van der Waals surface area contributed by atoms with E-state index in [0.29, 0.717) is 18.1 Å². The van der Waals surface area contributed by atoms with E-state index in [0.717, 1.165) is 12.8 Å². The monoisotopic (exact) mass is 235 g/mol. The summed E-state index contributed by atoms with van der Waals surface area (Å²) >= 11 is 0. The number of hydrogen-bond donors (Lipinski definition) is 2. The molecule has 1 aliphatic heterocycles. The van der Waals surface area contributed by atoms with Crippen molar-refractivity contribution in [1.82, 2.24) is 9.88 Å². The standard InChI is InChI=1S/C12H17N3O2/c1-13-11-6-2-5-10(14-11)12(17)15-7-3-4-9(15)8-16/h2,5-6,9,16H,3-4,7-8H2,1H3,(H,13,14). The number of carbonyl (C=O) groups is 1. The molecule has 1 amide bonds. The van der Waals surface area contributed by atoms with E-state index >= 15 is 0 Å². The van der Waals surface area contributed by atoms with Gasteiger partial charge in [-0.25, -0.2) is 4.98 Å². The third-order valence-electron chi connectivity index (χ3n) is 3.07. The molecule has 5 nitrogen and oxygen atoms in total. The number of aromatic nitrogens is 1. The van der Waals surface area contributed by atoms with E-state index in [9.17, 15) is 9.90 Å². The van der Waals surface area contributed by atoms with Crippen molar-refractivity contribution in [3.63, 3.8) is 0 Å². The summed E-state index contributed by atoms with van der Waals surface area (Å²) in [6, 6.07) is 5.26. The molecule has 1 aromatic heterocycles. The van der Waals surface area contributed by atoms with Crippen LogP contribution in [0, 0.1) is 0 Å². The molecule has 0 aliphatic carbocycles. The average Bonchev–Trinajstić information content (AvgIpc) is 2.86. The molecule has 2 N–H and O–H groups in total. The molecule has 0 bridgehead atoms. The lowest BCUT2D eigenvalue weighted by Crippen LogP contribution is -2.38. The first-order valence-corrected chi connectivity index (χ1v) is 5.83. The molecule has 1 unspecified atom stereocenters. The summed E-state index contributed by atoms with van der Waals surface area (Å²) in [4.78, 5) is 18.1. The zero-order chi connectivity index (χ0) is 12.3. The minimum atomic E-state index is -0.0985. The van der Waals surface area contributed by atoms with Crippen molar-refractivity contribution in [3.8, 4) is 0 Å². The molecule has 1 aromatic rings. The molecule has 2 heterocycles. The Hall–Kier alpha value is -1.62. The minimum absolute atomic E-state index is 0.0253. The van der Waals surface area contributed by atoms with Crippen LogP contribution in [0.3, 0.4) is 0 Å². The van der Waals surface area contributed by atoms with E-state index in [1.54, 1.807) is 24.1 Å². The Morgan fingerprint density at radius 3 is 3.18 bits per heavy atom. The third kappa shape index (κ3) is 2.39. The van der Waals surface area contributed by atoms with E-state index in [-0.39, 0.29) is 18.6 Å². The number of amides is 1. The van der Waals surface area contributed by atoms with E-state index < -0.39 is 0 Å². The second-order valence-electron chi connectivity index (χ2n) is 4.14. The van der Waals surface area contributed by atoms with Gasteiger partial charge < -0.3 is 15.3 Å². The van der Waals surface area contributed by atoms with Crippen LogP contribution in [0.4, 0.5) is 5.82 Å². The first kappa shape index (κ1) is 11.9. The molecule has 0 aromatic carbocycles. The summed E-state index contributed by atoms with van der Waals surface area (Å²) in [5.74, 6) is 0.578. The second kappa shape index (κ2) is 5.14. The van der Waals surface area contributed by atoms with Gasteiger partial charge in [0.25, 0.3) is 5.91 Å². The Bertz CT molecular complexity index is 408. The van der Waals surface area contributed by atoms with Crippen molar-refractivity contribution in [2.75, 3.05) is 25.5 Å². The largest absolute Gasteiger partial charge is 0.394 e. The summed E-state index contributed by atoms with van der Waals surface area (Å²) in [7, 11) is 1.77. The number of nitrogens with zero attached hydrogens (tertiary/aromatic N) is 2. The van der Waals surface area contributed by atoms with E-state index in [4.69, 9.17) is 0 Å². The first-order valence-electron chi connectivity index (χ1n) is 5.83. The van der Waals surface area contributed by atoms with Crippen LogP contribution >= 0.6 is 0 Å². The molecule has 1 fully saturated rings. The Morgan fingerprint density at radius 1 is 1.65 bits per heavy atom. The van der Waals surface area contributed by atoms with Gasteiger partial charge in [-0.05, 0) is 25.0 Å². The lowest BCUT2D eigenvalue weighted by Gasteiger charge is -2.22. The average molecular weight is 235 g/mol. The molecule has 1 aliphatic rings. The van der Waals surface area contributed by atoms with Gasteiger partial charge in [-0.3, -0.25) is 4.79 Å². The number of nitrogens with one attached hydrogen (secondary N) is 1. The highest BCUT2D eigenvalue weighted by molar-refractivity contribution is 5.93. The van der Waals surface area contributed by atoms with Gasteiger partial charge in [0.05, 0.1) is 12.6 Å². The van der Waals surface area contributed by atoms with Crippen LogP contribution in [-0.2, 0) is 0 Å². The highest BCUT2D eigenvalue weighted by atomic mass is 16.3. The van der Waals surface area contributed by atoms with E-state index in [1.807, 2.05) is 6.07 Å². The van der Waals surface area contributed by atoms with Gasteiger partial charge in [-0.15, -0.1) is 0 Å². The lowest BCUT2D eigenvalue weighted by atomic mass is 10.2. The van der Waals surface area contributed by atoms with Crippen molar-refractivity contribution in [2.24, 2.45) is 0 Å². The fourth-order valence-corrected chi connectivity index (χ4v) is 2.13. The third-order valence-corrected chi connectivity index (χ3v) is 3.07. The fourth-order valence-electron chi connectivity index (χ4n) is 2.13. The summed E-state index contributed by atoms with van der Waals surface area (Å²) in [6.45, 7) is 0.729. The van der Waals surface area contributed by atoms with Gasteiger partial charge in [0.1, 0.15) is 11.5 Å². The molecule has 0 saturated carbocycles. The van der Waals surface area contributed by atoms with Crippen LogP contribution in [0.5, 0.6) is 0 Å². The zero-order valence-corrected chi connectivity index (χ0v) is 9.89. The molecule has 2 rings (SSSR count). The fraction of sp³-hybridized carbons (Fsp3) is 0.500. The lowest BCUT2D eigenvalue weighted by molar-refractivity contribution is 0.0672. The van der Waals surface area contributed by atoms with E-state index in [2.05, 4.69) is 10.3 Å². The van der Waals surface area contributed by atoms with Crippen molar-refractivity contribution in [2.45, 2.75) is 18.9 Å². The van der Waals surface area contributed by atoms with Crippen molar-refractivity contribution < 1.29 is 9.90 Å². The van der Waals surface area contributed by atoms with Gasteiger partial charge >= 0.3 is 0 Å². The molecule has 1 atom stereocenters. The highest BCUT2D eigenvalue weighted by Crippen LogP contribution is 2.19. The Balaban J connectivity index is 2.18. The number of rotatable bonds is 3. The Kier molecular flexibility index (Phi) is 3.58. The van der Waals surface area contributed by atoms with Gasteiger partial charge in [0.15, 0.2) is 0 Å². The maximum atomic E-state index is 12.2. The Morgan fingerprint density at radius 2 is 2.47 bits per heavy atom. The summed E-state index contributed by atoms with van der Waals surface area (Å²) < 4.78 is 0. The van der Waals surface area contributed by atoms with Crippen molar-refractivity contribution in [3.05, 3.63) is 23.9 Å². The molecular formula is C12H17N3O2. The quantitative estimate of drug-likeness (QED) is 0.810. The van der Waals surface area contributed by atoms with Gasteiger partial charge in [0.2, 0.25) is 0 Å². The van der Waals surface area contributed by atoms with Crippen molar-refractivity contribution in [1.29, 1.82) is 0 Å². The number of hydrogen-bond acceptors (Lipinski definition) is 4. The maximum absolute atomic E-state index is 12.2.